The highest BCUT2D eigenvalue weighted by molar-refractivity contribution is 7.15. The van der Waals surface area contributed by atoms with E-state index in [1.54, 1.807) is 6.07 Å². The van der Waals surface area contributed by atoms with E-state index in [1.807, 2.05) is 39.0 Å². The van der Waals surface area contributed by atoms with Crippen LogP contribution in [0.4, 0.5) is 5.13 Å². The average molecular weight is 410 g/mol. The van der Waals surface area contributed by atoms with Crippen molar-refractivity contribution in [2.45, 2.75) is 46.1 Å². The van der Waals surface area contributed by atoms with Crippen molar-refractivity contribution in [2.24, 2.45) is 0 Å². The van der Waals surface area contributed by atoms with E-state index in [9.17, 15) is 9.59 Å². The summed E-state index contributed by atoms with van der Waals surface area (Å²) in [5.41, 5.74) is 3.92. The lowest BCUT2D eigenvalue weighted by Gasteiger charge is -2.14. The Labute approximate surface area is 172 Å². The standard InChI is InChI=1S/C21H22N4O3S/c1-11-6-4-9-17(12(11)2)28-13(3)20-24-25-21(29-20)23-19(27)15-10-14-7-5-8-16(14)22-18(15)26/h4,6,9-10,13H,5,7-8H2,1-3H3,(H,22,26)(H,23,25,27)/t13-/m0/s1. The van der Waals surface area contributed by atoms with Gasteiger partial charge in [0.15, 0.2) is 5.01 Å². The predicted octanol–water partition coefficient (Wildman–Crippen LogP) is 3.72. The van der Waals surface area contributed by atoms with Crippen LogP contribution in [0.1, 0.15) is 57.2 Å². The molecular weight excluding hydrogens is 388 g/mol. The first-order valence-electron chi connectivity index (χ1n) is 9.55. The number of anilines is 1. The maximum atomic E-state index is 12.6. The first kappa shape index (κ1) is 19.3. The molecule has 0 fully saturated rings. The largest absolute Gasteiger partial charge is 0.483 e. The molecule has 0 saturated carbocycles. The van der Waals surface area contributed by atoms with Gasteiger partial charge in [0.2, 0.25) is 5.13 Å². The molecular formula is C21H22N4O3S. The smallest absolute Gasteiger partial charge is 0.263 e. The van der Waals surface area contributed by atoms with E-state index in [4.69, 9.17) is 4.74 Å². The first-order valence-corrected chi connectivity index (χ1v) is 10.4. The number of carbonyl (C=O) groups excluding carboxylic acids is 1. The molecule has 0 unspecified atom stereocenters. The summed E-state index contributed by atoms with van der Waals surface area (Å²) in [4.78, 5) is 27.6. The van der Waals surface area contributed by atoms with Gasteiger partial charge in [-0.1, -0.05) is 23.5 Å². The molecule has 29 heavy (non-hydrogen) atoms. The molecule has 1 amide bonds. The quantitative estimate of drug-likeness (QED) is 0.668. The van der Waals surface area contributed by atoms with Crippen molar-refractivity contribution in [3.05, 3.63) is 67.6 Å². The highest BCUT2D eigenvalue weighted by Crippen LogP contribution is 2.29. The van der Waals surface area contributed by atoms with Gasteiger partial charge in [-0.3, -0.25) is 14.9 Å². The maximum Gasteiger partial charge on any atom is 0.263 e. The highest BCUT2D eigenvalue weighted by atomic mass is 32.1. The number of nitrogens with zero attached hydrogens (tertiary/aromatic N) is 2. The van der Waals surface area contributed by atoms with Gasteiger partial charge < -0.3 is 9.72 Å². The summed E-state index contributed by atoms with van der Waals surface area (Å²) < 4.78 is 6.02. The molecule has 2 heterocycles. The number of ether oxygens (including phenoxy) is 1. The first-order chi connectivity index (χ1) is 13.9. The number of pyridine rings is 1. The Morgan fingerprint density at radius 3 is 2.93 bits per heavy atom. The lowest BCUT2D eigenvalue weighted by molar-refractivity contribution is 0.102. The normalized spacial score (nSPS) is 13.8. The van der Waals surface area contributed by atoms with Crippen LogP contribution in [0.2, 0.25) is 0 Å². The van der Waals surface area contributed by atoms with Crippen LogP contribution in [0.15, 0.2) is 29.1 Å². The molecule has 150 valence electrons. The van der Waals surface area contributed by atoms with Crippen molar-refractivity contribution >= 4 is 22.4 Å². The van der Waals surface area contributed by atoms with Crippen LogP contribution in [-0.4, -0.2) is 21.1 Å². The molecule has 4 rings (SSSR count). The summed E-state index contributed by atoms with van der Waals surface area (Å²) in [5, 5.41) is 11.8. The molecule has 1 aliphatic rings. The van der Waals surface area contributed by atoms with Crippen molar-refractivity contribution in [3.8, 4) is 5.75 Å². The minimum absolute atomic E-state index is 0.0992. The number of hydrogen-bond donors (Lipinski definition) is 2. The van der Waals surface area contributed by atoms with E-state index in [-0.39, 0.29) is 17.2 Å². The minimum atomic E-state index is -0.480. The van der Waals surface area contributed by atoms with E-state index in [2.05, 4.69) is 20.5 Å². The number of rotatable bonds is 5. The molecule has 1 atom stereocenters. The van der Waals surface area contributed by atoms with Gasteiger partial charge in [0.1, 0.15) is 17.4 Å². The topological polar surface area (TPSA) is 97.0 Å². The number of aromatic amines is 1. The van der Waals surface area contributed by atoms with Crippen molar-refractivity contribution in [3.63, 3.8) is 0 Å². The zero-order chi connectivity index (χ0) is 20.5. The number of aromatic nitrogens is 3. The van der Waals surface area contributed by atoms with Gasteiger partial charge in [0.25, 0.3) is 11.5 Å². The molecule has 0 aliphatic heterocycles. The average Bonchev–Trinajstić information content (AvgIpc) is 3.33. The second kappa shape index (κ2) is 7.79. The zero-order valence-electron chi connectivity index (χ0n) is 16.5. The fourth-order valence-electron chi connectivity index (χ4n) is 3.39. The van der Waals surface area contributed by atoms with Gasteiger partial charge in [-0.05, 0) is 68.9 Å². The number of amides is 1. The molecule has 3 aromatic rings. The molecule has 7 nitrogen and oxygen atoms in total. The summed E-state index contributed by atoms with van der Waals surface area (Å²) in [6.07, 6.45) is 2.41. The molecule has 1 aliphatic carbocycles. The monoisotopic (exact) mass is 410 g/mol. The Bertz CT molecular complexity index is 1140. The van der Waals surface area contributed by atoms with Crippen molar-refractivity contribution in [2.75, 3.05) is 5.32 Å². The lowest BCUT2D eigenvalue weighted by Crippen LogP contribution is -2.24. The van der Waals surface area contributed by atoms with Crippen molar-refractivity contribution in [1.82, 2.24) is 15.2 Å². The molecule has 0 radical (unpaired) electrons. The third-order valence-corrected chi connectivity index (χ3v) is 6.20. The van der Waals surface area contributed by atoms with Crippen LogP contribution in [0, 0.1) is 13.8 Å². The number of benzene rings is 1. The van der Waals surface area contributed by atoms with E-state index in [1.165, 1.54) is 11.3 Å². The number of fused-ring (bicyclic) bond motifs is 1. The maximum absolute atomic E-state index is 12.6. The number of hydrogen-bond acceptors (Lipinski definition) is 6. The van der Waals surface area contributed by atoms with Crippen LogP contribution in [-0.2, 0) is 12.8 Å². The zero-order valence-corrected chi connectivity index (χ0v) is 17.4. The highest BCUT2D eigenvalue weighted by Gasteiger charge is 2.20. The molecule has 8 heteroatoms. The Morgan fingerprint density at radius 2 is 2.10 bits per heavy atom. The van der Waals surface area contributed by atoms with Crippen LogP contribution < -0.4 is 15.6 Å². The second-order valence-corrected chi connectivity index (χ2v) is 8.24. The predicted molar refractivity (Wildman–Crippen MR) is 112 cm³/mol. The Balaban J connectivity index is 1.47. The fraction of sp³-hybridized carbons (Fsp3) is 0.333. The summed E-state index contributed by atoms with van der Waals surface area (Å²) in [7, 11) is 0. The van der Waals surface area contributed by atoms with Crippen molar-refractivity contribution < 1.29 is 9.53 Å². The van der Waals surface area contributed by atoms with Gasteiger partial charge in [-0.25, -0.2) is 0 Å². The molecule has 0 spiro atoms. The molecule has 2 N–H and O–H groups in total. The van der Waals surface area contributed by atoms with E-state index in [0.29, 0.717) is 10.1 Å². The summed E-state index contributed by atoms with van der Waals surface area (Å²) in [6.45, 7) is 5.93. The summed E-state index contributed by atoms with van der Waals surface area (Å²) >= 11 is 1.23. The Hall–Kier alpha value is -3.00. The minimum Gasteiger partial charge on any atom is -0.483 e. The fourth-order valence-corrected chi connectivity index (χ4v) is 4.11. The number of carbonyl (C=O) groups is 1. The number of nitrogens with one attached hydrogen (secondary N) is 2. The Morgan fingerprint density at radius 1 is 1.28 bits per heavy atom. The Kier molecular flexibility index (Phi) is 5.19. The van der Waals surface area contributed by atoms with Gasteiger partial charge in [0.05, 0.1) is 0 Å². The van der Waals surface area contributed by atoms with Crippen LogP contribution >= 0.6 is 11.3 Å². The SMILES string of the molecule is Cc1cccc(O[C@@H](C)c2nnc(NC(=O)c3cc4c([nH]c3=O)CCC4)s2)c1C. The molecule has 1 aromatic carbocycles. The van der Waals surface area contributed by atoms with E-state index >= 15 is 0 Å². The van der Waals surface area contributed by atoms with Crippen LogP contribution in [0.3, 0.4) is 0 Å². The lowest BCUT2D eigenvalue weighted by atomic mass is 10.1. The van der Waals surface area contributed by atoms with Gasteiger partial charge in [-0.2, -0.15) is 0 Å². The van der Waals surface area contributed by atoms with E-state index < -0.39 is 5.91 Å². The summed E-state index contributed by atoms with van der Waals surface area (Å²) in [5.74, 6) is 0.315. The number of H-pyrrole nitrogens is 1. The van der Waals surface area contributed by atoms with Crippen molar-refractivity contribution in [1.29, 1.82) is 0 Å². The molecule has 0 bridgehead atoms. The van der Waals surface area contributed by atoms with Gasteiger partial charge in [-0.15, -0.1) is 10.2 Å². The van der Waals surface area contributed by atoms with Gasteiger partial charge >= 0.3 is 0 Å². The third-order valence-electron chi connectivity index (χ3n) is 5.20. The van der Waals surface area contributed by atoms with Gasteiger partial charge in [0, 0.05) is 5.69 Å². The van der Waals surface area contributed by atoms with Crippen LogP contribution in [0.25, 0.3) is 0 Å². The molecule has 2 aromatic heterocycles. The summed E-state index contributed by atoms with van der Waals surface area (Å²) in [6, 6.07) is 7.59. The molecule has 0 saturated heterocycles. The van der Waals surface area contributed by atoms with Crippen LogP contribution in [0.5, 0.6) is 5.75 Å². The third kappa shape index (κ3) is 3.93. The van der Waals surface area contributed by atoms with E-state index in [0.717, 1.165) is 47.4 Å². The second-order valence-electron chi connectivity index (χ2n) is 7.23. The number of aryl methyl sites for hydroxylation is 3.